The summed E-state index contributed by atoms with van der Waals surface area (Å²) in [5, 5.41) is 15.6. The first-order valence-electron chi connectivity index (χ1n) is 12.3. The molecule has 3 heterocycles. The second kappa shape index (κ2) is 9.73. The van der Waals surface area contributed by atoms with E-state index < -0.39 is 18.3 Å². The van der Waals surface area contributed by atoms with Crippen molar-refractivity contribution in [3.8, 4) is 23.0 Å². The summed E-state index contributed by atoms with van der Waals surface area (Å²) in [6.07, 6.45) is -2.23. The number of carbonyl (C=O) groups excluding carboxylic acids is 1. The van der Waals surface area contributed by atoms with Gasteiger partial charge in [-0.3, -0.25) is 4.79 Å². The first-order valence-corrected chi connectivity index (χ1v) is 12.3. The van der Waals surface area contributed by atoms with Crippen LogP contribution in [0.2, 0.25) is 0 Å². The van der Waals surface area contributed by atoms with E-state index in [1.54, 1.807) is 0 Å². The molecule has 1 amide bonds. The van der Waals surface area contributed by atoms with E-state index in [2.05, 4.69) is 44.0 Å². The van der Waals surface area contributed by atoms with Gasteiger partial charge in [0.15, 0.2) is 28.8 Å². The zero-order valence-corrected chi connectivity index (χ0v) is 21.0. The summed E-state index contributed by atoms with van der Waals surface area (Å²) in [5.41, 5.74) is 0.652. The van der Waals surface area contributed by atoms with Crippen LogP contribution in [0.15, 0.2) is 28.8 Å². The third-order valence-corrected chi connectivity index (χ3v) is 5.83. The van der Waals surface area contributed by atoms with Crippen molar-refractivity contribution < 1.29 is 32.3 Å². The predicted molar refractivity (Wildman–Crippen MR) is 127 cm³/mol. The summed E-state index contributed by atoms with van der Waals surface area (Å²) in [6, 6.07) is 6.32. The number of amides is 1. The number of anilines is 1. The molecule has 1 aromatic carbocycles. The first-order chi connectivity index (χ1) is 17.6. The smallest absolute Gasteiger partial charge is 0.395 e. The van der Waals surface area contributed by atoms with Crippen LogP contribution in [0.1, 0.15) is 70.7 Å². The Morgan fingerprint density at radius 1 is 1.22 bits per heavy atom. The number of nitrogens with zero attached hydrogens (tertiary/aromatic N) is 4. The van der Waals surface area contributed by atoms with Crippen LogP contribution in [0.5, 0.6) is 11.5 Å². The summed E-state index contributed by atoms with van der Waals surface area (Å²) in [4.78, 5) is 13.1. The maximum atomic E-state index is 13.6. The second-order valence-electron chi connectivity index (χ2n) is 9.99. The molecule has 3 aromatic rings. The Hall–Kier alpha value is -3.54. The molecule has 198 valence electrons. The number of carbonyl (C=O) groups is 1. The fourth-order valence-corrected chi connectivity index (χ4v) is 4.27. The monoisotopic (exact) mass is 517 g/mol. The highest BCUT2D eigenvalue weighted by Crippen LogP contribution is 2.46. The summed E-state index contributed by atoms with van der Waals surface area (Å²) in [7, 11) is 0. The van der Waals surface area contributed by atoms with Crippen molar-refractivity contribution in [3.63, 3.8) is 0 Å². The standard InChI is InChI=1S/C25H29F2N5O5/c1-13(2)10-16-11-18(31-37-16)23-29-30-24(32(23)15-8-9-15)20(34-14(3)4)12-21(33)28-17-6-5-7-19-22(17)36-25(26,27)35-19/h5-7,11,13-15,20H,8-10,12H2,1-4H3,(H,28,33)/t20-/m0/s1. The van der Waals surface area contributed by atoms with Gasteiger partial charge in [-0.15, -0.1) is 19.0 Å². The number of halogens is 2. The molecule has 2 aromatic heterocycles. The number of nitrogens with one attached hydrogen (secondary N) is 1. The van der Waals surface area contributed by atoms with Gasteiger partial charge in [-0.05, 0) is 44.7 Å². The minimum absolute atomic E-state index is 0.0765. The Labute approximate surface area is 212 Å². The Kier molecular flexibility index (Phi) is 6.61. The number of benzene rings is 1. The lowest BCUT2D eigenvalue weighted by molar-refractivity contribution is -0.286. The molecule has 0 bridgehead atoms. The third kappa shape index (κ3) is 5.58. The Bertz CT molecular complexity index is 1280. The van der Waals surface area contributed by atoms with Gasteiger partial charge in [-0.2, -0.15) is 0 Å². The number of ether oxygens (including phenoxy) is 3. The fraction of sp³-hybridized carbons (Fsp3) is 0.520. The average molecular weight is 518 g/mol. The maximum Gasteiger partial charge on any atom is 0.586 e. The van der Waals surface area contributed by atoms with Crippen molar-refractivity contribution in [1.82, 2.24) is 19.9 Å². The summed E-state index contributed by atoms with van der Waals surface area (Å²) < 4.78 is 49.7. The first kappa shape index (κ1) is 25.1. The summed E-state index contributed by atoms with van der Waals surface area (Å²) in [6.45, 7) is 7.91. The molecule has 5 rings (SSSR count). The highest BCUT2D eigenvalue weighted by atomic mass is 19.3. The van der Waals surface area contributed by atoms with Crippen LogP contribution >= 0.6 is 0 Å². The lowest BCUT2D eigenvalue weighted by atomic mass is 10.1. The molecule has 1 fully saturated rings. The summed E-state index contributed by atoms with van der Waals surface area (Å²) >= 11 is 0. The van der Waals surface area contributed by atoms with Crippen molar-refractivity contribution in [2.45, 2.75) is 77.9 Å². The Morgan fingerprint density at radius 3 is 2.70 bits per heavy atom. The van der Waals surface area contributed by atoms with Gasteiger partial charge < -0.3 is 28.6 Å². The van der Waals surface area contributed by atoms with Gasteiger partial charge in [0.1, 0.15) is 11.9 Å². The van der Waals surface area contributed by atoms with E-state index in [1.807, 2.05) is 24.5 Å². The molecular formula is C25H29F2N5O5. The average Bonchev–Trinajstić information content (AvgIpc) is 3.21. The number of para-hydroxylation sites is 1. The van der Waals surface area contributed by atoms with Crippen LogP contribution in [0.4, 0.5) is 14.5 Å². The topological polar surface area (TPSA) is 114 Å². The highest BCUT2D eigenvalue weighted by molar-refractivity contribution is 5.93. The fourth-order valence-electron chi connectivity index (χ4n) is 4.27. The quantitative estimate of drug-likeness (QED) is 0.386. The zero-order chi connectivity index (χ0) is 26.3. The SMILES string of the molecule is CC(C)Cc1cc(-c2nnc([C@H](CC(=O)Nc3cccc4c3OC(F)(F)O4)OC(C)C)n2C2CC2)no1. The molecule has 1 saturated carbocycles. The van der Waals surface area contributed by atoms with E-state index in [4.69, 9.17) is 9.26 Å². The normalized spacial score (nSPS) is 17.0. The molecule has 0 radical (unpaired) electrons. The number of rotatable bonds is 10. The van der Waals surface area contributed by atoms with Crippen molar-refractivity contribution >= 4 is 11.6 Å². The minimum Gasteiger partial charge on any atom is -0.395 e. The van der Waals surface area contributed by atoms with Gasteiger partial charge in [0, 0.05) is 18.5 Å². The number of hydrogen-bond acceptors (Lipinski definition) is 8. The van der Waals surface area contributed by atoms with Gasteiger partial charge in [-0.25, -0.2) is 0 Å². The van der Waals surface area contributed by atoms with E-state index >= 15 is 0 Å². The molecule has 1 aliphatic heterocycles. The Balaban J connectivity index is 1.39. The highest BCUT2D eigenvalue weighted by Gasteiger charge is 2.45. The van der Waals surface area contributed by atoms with Crippen molar-refractivity contribution in [1.29, 1.82) is 0 Å². The van der Waals surface area contributed by atoms with Crippen LogP contribution in [0.25, 0.3) is 11.5 Å². The molecular weight excluding hydrogens is 488 g/mol. The maximum absolute atomic E-state index is 13.6. The van der Waals surface area contributed by atoms with Crippen LogP contribution in [0.3, 0.4) is 0 Å². The molecule has 0 spiro atoms. The number of hydrogen-bond donors (Lipinski definition) is 1. The zero-order valence-electron chi connectivity index (χ0n) is 21.0. The van der Waals surface area contributed by atoms with Gasteiger partial charge in [0.2, 0.25) is 5.91 Å². The van der Waals surface area contributed by atoms with E-state index in [0.29, 0.717) is 23.3 Å². The molecule has 1 aliphatic carbocycles. The van der Waals surface area contributed by atoms with Crippen molar-refractivity contribution in [3.05, 3.63) is 35.9 Å². The molecule has 1 N–H and O–H groups in total. The lowest BCUT2D eigenvalue weighted by Gasteiger charge is -2.21. The largest absolute Gasteiger partial charge is 0.586 e. The Morgan fingerprint density at radius 2 is 2.00 bits per heavy atom. The van der Waals surface area contributed by atoms with Crippen molar-refractivity contribution in [2.75, 3.05) is 5.32 Å². The van der Waals surface area contributed by atoms with Gasteiger partial charge in [0.05, 0.1) is 18.2 Å². The van der Waals surface area contributed by atoms with Crippen LogP contribution in [0, 0.1) is 5.92 Å². The summed E-state index contributed by atoms with van der Waals surface area (Å²) in [5.74, 6) is 1.38. The third-order valence-electron chi connectivity index (χ3n) is 5.83. The van der Waals surface area contributed by atoms with Crippen LogP contribution in [-0.4, -0.2) is 38.2 Å². The number of fused-ring (bicyclic) bond motifs is 1. The van der Waals surface area contributed by atoms with E-state index in [1.165, 1.54) is 18.2 Å². The molecule has 1 atom stereocenters. The van der Waals surface area contributed by atoms with Crippen LogP contribution in [-0.2, 0) is 16.0 Å². The van der Waals surface area contributed by atoms with Crippen LogP contribution < -0.4 is 14.8 Å². The van der Waals surface area contributed by atoms with E-state index in [-0.39, 0.29) is 35.8 Å². The number of aromatic nitrogens is 4. The van der Waals surface area contributed by atoms with Gasteiger partial charge in [-0.1, -0.05) is 25.1 Å². The molecule has 10 nitrogen and oxygen atoms in total. The van der Waals surface area contributed by atoms with Crippen molar-refractivity contribution in [2.24, 2.45) is 5.92 Å². The van der Waals surface area contributed by atoms with E-state index in [0.717, 1.165) is 25.0 Å². The molecule has 37 heavy (non-hydrogen) atoms. The molecule has 0 unspecified atom stereocenters. The van der Waals surface area contributed by atoms with Gasteiger partial charge >= 0.3 is 6.29 Å². The second-order valence-corrected chi connectivity index (χ2v) is 9.99. The van der Waals surface area contributed by atoms with E-state index in [9.17, 15) is 13.6 Å². The van der Waals surface area contributed by atoms with Gasteiger partial charge in [0.25, 0.3) is 0 Å². The molecule has 12 heteroatoms. The minimum atomic E-state index is -3.79. The lowest BCUT2D eigenvalue weighted by Crippen LogP contribution is -2.26. The molecule has 2 aliphatic rings. The number of alkyl halides is 2. The molecule has 0 saturated heterocycles. The predicted octanol–water partition coefficient (Wildman–Crippen LogP) is 5.28.